The highest BCUT2D eigenvalue weighted by Gasteiger charge is 2.23. The molecule has 1 aliphatic rings. The smallest absolute Gasteiger partial charge is 0.0335 e. The van der Waals surface area contributed by atoms with Gasteiger partial charge in [0.15, 0.2) is 0 Å². The second-order valence-electron chi connectivity index (χ2n) is 4.59. The summed E-state index contributed by atoms with van der Waals surface area (Å²) in [4.78, 5) is 0. The average Bonchev–Trinajstić information content (AvgIpc) is 2.32. The Hall–Kier alpha value is 0.430. The first-order valence-electron chi connectivity index (χ1n) is 5.89. The van der Waals surface area contributed by atoms with E-state index in [9.17, 15) is 0 Å². The molecule has 0 amide bonds. The molecule has 0 radical (unpaired) electrons. The lowest BCUT2D eigenvalue weighted by Crippen LogP contribution is -2.23. The maximum absolute atomic E-state index is 6.39. The quantitative estimate of drug-likeness (QED) is 0.745. The van der Waals surface area contributed by atoms with E-state index in [0.717, 1.165) is 8.95 Å². The molecule has 1 aromatic rings. The van der Waals surface area contributed by atoms with Crippen LogP contribution in [0.4, 0.5) is 0 Å². The fraction of sp³-hybridized carbons (Fsp3) is 0.538. The molecule has 0 unspecified atom stereocenters. The third-order valence-electron chi connectivity index (χ3n) is 3.47. The molecular formula is C13H18Br2ClN. The number of benzene rings is 1. The van der Waals surface area contributed by atoms with Crippen LogP contribution < -0.4 is 5.73 Å². The van der Waals surface area contributed by atoms with E-state index in [0.29, 0.717) is 5.92 Å². The lowest BCUT2D eigenvalue weighted by Gasteiger charge is -2.28. The van der Waals surface area contributed by atoms with Crippen LogP contribution in [0.15, 0.2) is 27.1 Å². The molecule has 1 fully saturated rings. The van der Waals surface area contributed by atoms with Crippen LogP contribution in [0, 0.1) is 5.92 Å². The van der Waals surface area contributed by atoms with Crippen molar-refractivity contribution in [1.29, 1.82) is 0 Å². The van der Waals surface area contributed by atoms with Crippen molar-refractivity contribution < 1.29 is 0 Å². The van der Waals surface area contributed by atoms with E-state index in [1.54, 1.807) is 0 Å². The van der Waals surface area contributed by atoms with Gasteiger partial charge in [0, 0.05) is 15.0 Å². The zero-order valence-corrected chi connectivity index (χ0v) is 13.7. The fourth-order valence-corrected chi connectivity index (χ4v) is 3.41. The topological polar surface area (TPSA) is 26.0 Å². The molecule has 1 aromatic carbocycles. The lowest BCUT2D eigenvalue weighted by atomic mass is 9.81. The summed E-state index contributed by atoms with van der Waals surface area (Å²) in [5.41, 5.74) is 7.63. The van der Waals surface area contributed by atoms with Gasteiger partial charge >= 0.3 is 0 Å². The fourth-order valence-electron chi connectivity index (χ4n) is 2.52. The summed E-state index contributed by atoms with van der Waals surface area (Å²) >= 11 is 7.11. The van der Waals surface area contributed by atoms with Crippen LogP contribution in [0.1, 0.15) is 43.7 Å². The van der Waals surface area contributed by atoms with E-state index in [2.05, 4.69) is 44.0 Å². The summed E-state index contributed by atoms with van der Waals surface area (Å²) in [7, 11) is 0. The predicted octanol–water partition coefficient (Wildman–Crippen LogP) is 5.21. The van der Waals surface area contributed by atoms with Crippen molar-refractivity contribution in [2.24, 2.45) is 11.7 Å². The first kappa shape index (κ1) is 15.5. The van der Waals surface area contributed by atoms with E-state index in [-0.39, 0.29) is 18.4 Å². The summed E-state index contributed by atoms with van der Waals surface area (Å²) in [6.07, 6.45) is 6.61. The summed E-state index contributed by atoms with van der Waals surface area (Å²) in [5.74, 6) is 0.652. The van der Waals surface area contributed by atoms with Crippen molar-refractivity contribution in [2.45, 2.75) is 38.1 Å². The monoisotopic (exact) mass is 381 g/mol. The van der Waals surface area contributed by atoms with Crippen LogP contribution in [-0.4, -0.2) is 0 Å². The minimum absolute atomic E-state index is 0. The summed E-state index contributed by atoms with van der Waals surface area (Å²) in [6.45, 7) is 0. The number of rotatable bonds is 2. The third-order valence-corrected chi connectivity index (χ3v) is 4.69. The largest absolute Gasteiger partial charge is 0.324 e. The van der Waals surface area contributed by atoms with E-state index in [1.165, 1.54) is 37.7 Å². The Balaban J connectivity index is 0.00000144. The van der Waals surface area contributed by atoms with Gasteiger partial charge in [0.25, 0.3) is 0 Å². The summed E-state index contributed by atoms with van der Waals surface area (Å²) in [6, 6.07) is 6.43. The highest BCUT2D eigenvalue weighted by Crippen LogP contribution is 2.36. The van der Waals surface area contributed by atoms with Crippen molar-refractivity contribution >= 4 is 44.3 Å². The molecule has 2 N–H and O–H groups in total. The second-order valence-corrected chi connectivity index (χ2v) is 6.36. The van der Waals surface area contributed by atoms with Crippen molar-refractivity contribution in [2.75, 3.05) is 0 Å². The van der Waals surface area contributed by atoms with Crippen molar-refractivity contribution in [3.05, 3.63) is 32.7 Å². The number of halogens is 3. The normalized spacial score (nSPS) is 18.5. The minimum Gasteiger partial charge on any atom is -0.324 e. The van der Waals surface area contributed by atoms with Gasteiger partial charge < -0.3 is 5.73 Å². The molecule has 2 rings (SSSR count). The molecule has 4 heteroatoms. The molecule has 17 heavy (non-hydrogen) atoms. The molecule has 1 nitrogen and oxygen atoms in total. The Bertz CT molecular complexity index is 364. The van der Waals surface area contributed by atoms with E-state index in [4.69, 9.17) is 5.73 Å². The van der Waals surface area contributed by atoms with Gasteiger partial charge in [-0.05, 0) is 42.5 Å². The molecular weight excluding hydrogens is 365 g/mol. The molecule has 1 saturated carbocycles. The first-order chi connectivity index (χ1) is 7.68. The summed E-state index contributed by atoms with van der Waals surface area (Å²) in [5, 5.41) is 0. The number of hydrogen-bond donors (Lipinski definition) is 1. The van der Waals surface area contributed by atoms with Gasteiger partial charge in [-0.1, -0.05) is 51.1 Å². The zero-order chi connectivity index (χ0) is 11.5. The van der Waals surface area contributed by atoms with E-state index < -0.39 is 0 Å². The molecule has 0 aliphatic heterocycles. The van der Waals surface area contributed by atoms with Gasteiger partial charge in [-0.15, -0.1) is 12.4 Å². The van der Waals surface area contributed by atoms with Gasteiger partial charge in [0.1, 0.15) is 0 Å². The van der Waals surface area contributed by atoms with Gasteiger partial charge in [0.2, 0.25) is 0 Å². The zero-order valence-electron chi connectivity index (χ0n) is 9.66. The highest BCUT2D eigenvalue weighted by molar-refractivity contribution is 9.11. The number of nitrogens with two attached hydrogens (primary N) is 1. The van der Waals surface area contributed by atoms with Crippen LogP contribution in [0.25, 0.3) is 0 Å². The van der Waals surface area contributed by atoms with E-state index in [1.807, 2.05) is 6.07 Å². The molecule has 1 aliphatic carbocycles. The van der Waals surface area contributed by atoms with Crippen LogP contribution in [0.5, 0.6) is 0 Å². The summed E-state index contributed by atoms with van der Waals surface area (Å²) < 4.78 is 2.24. The molecule has 0 bridgehead atoms. The SMILES string of the molecule is Cl.N[C@@H](c1cc(Br)ccc1Br)C1CCCCC1. The lowest BCUT2D eigenvalue weighted by molar-refractivity contribution is 0.307. The van der Waals surface area contributed by atoms with Gasteiger partial charge in [-0.25, -0.2) is 0 Å². The van der Waals surface area contributed by atoms with Gasteiger partial charge in [0.05, 0.1) is 0 Å². The average molecular weight is 384 g/mol. The highest BCUT2D eigenvalue weighted by atomic mass is 79.9. The van der Waals surface area contributed by atoms with Gasteiger partial charge in [-0.3, -0.25) is 0 Å². The van der Waals surface area contributed by atoms with E-state index >= 15 is 0 Å². The standard InChI is InChI=1S/C13H17Br2N.ClH/c14-10-6-7-12(15)11(8-10)13(16)9-4-2-1-3-5-9;/h6-9,13H,1-5,16H2;1H/t13-;/m1./s1. The van der Waals surface area contributed by atoms with Crippen LogP contribution in [0.2, 0.25) is 0 Å². The van der Waals surface area contributed by atoms with Crippen LogP contribution in [-0.2, 0) is 0 Å². The molecule has 0 aromatic heterocycles. The predicted molar refractivity (Wildman–Crippen MR) is 82.6 cm³/mol. The third kappa shape index (κ3) is 3.95. The maximum Gasteiger partial charge on any atom is 0.0335 e. The van der Waals surface area contributed by atoms with Gasteiger partial charge in [-0.2, -0.15) is 0 Å². The Morgan fingerprint density at radius 3 is 2.41 bits per heavy atom. The minimum atomic E-state index is 0. The Morgan fingerprint density at radius 1 is 1.12 bits per heavy atom. The Labute approximate surface area is 126 Å². The number of hydrogen-bond acceptors (Lipinski definition) is 1. The Morgan fingerprint density at radius 2 is 1.76 bits per heavy atom. The van der Waals surface area contributed by atoms with Crippen molar-refractivity contribution in [3.8, 4) is 0 Å². The Kier molecular flexibility index (Phi) is 6.49. The van der Waals surface area contributed by atoms with Crippen molar-refractivity contribution in [1.82, 2.24) is 0 Å². The maximum atomic E-state index is 6.39. The van der Waals surface area contributed by atoms with Crippen LogP contribution in [0.3, 0.4) is 0 Å². The first-order valence-corrected chi connectivity index (χ1v) is 7.47. The van der Waals surface area contributed by atoms with Crippen molar-refractivity contribution in [3.63, 3.8) is 0 Å². The molecule has 1 atom stereocenters. The molecule has 0 saturated heterocycles. The van der Waals surface area contributed by atoms with Crippen LogP contribution >= 0.6 is 44.3 Å². The second kappa shape index (κ2) is 7.13. The molecule has 96 valence electrons. The molecule has 0 spiro atoms. The molecule has 0 heterocycles.